The molecule has 1 N–H and O–H groups in total. The molecule has 4 aromatic rings. The Hall–Kier alpha value is -4.43. The number of carbonyl (C=O) groups is 3. The van der Waals surface area contributed by atoms with E-state index in [9.17, 15) is 14.4 Å². The van der Waals surface area contributed by atoms with Crippen LogP contribution in [-0.2, 0) is 16.0 Å². The molecular weight excluding hydrogens is 560 g/mol. The van der Waals surface area contributed by atoms with Crippen LogP contribution in [0.2, 0.25) is 0 Å². The first-order valence-corrected chi connectivity index (χ1v) is 15.5. The quantitative estimate of drug-likeness (QED) is 0.0959. The molecule has 0 bridgehead atoms. The van der Waals surface area contributed by atoms with Crippen molar-refractivity contribution in [1.82, 2.24) is 4.90 Å². The Labute approximate surface area is 256 Å². The third-order valence-corrected chi connectivity index (χ3v) is 8.28. The Morgan fingerprint density at radius 1 is 0.930 bits per heavy atom. The fourth-order valence-corrected chi connectivity index (χ4v) is 5.61. The molecular formula is C35H36N2O5S. The zero-order chi connectivity index (χ0) is 30.0. The average Bonchev–Trinajstić information content (AvgIpc) is 3.70. The molecule has 8 heteroatoms. The second-order valence-corrected chi connectivity index (χ2v) is 11.6. The molecule has 0 unspecified atom stereocenters. The molecule has 1 heterocycles. The van der Waals surface area contributed by atoms with Crippen molar-refractivity contribution in [1.29, 1.82) is 0 Å². The highest BCUT2D eigenvalue weighted by molar-refractivity contribution is 7.12. The van der Waals surface area contributed by atoms with Crippen LogP contribution in [0.4, 0.5) is 5.69 Å². The number of amides is 1. The standard InChI is InChI=1S/C35H36N2O5S/c1-41-35(40)31(36-30-12-6-5-11-29(30)33(38)27-9-3-2-4-10-27)23-25-16-18-28(19-17-25)42-21-8-20-37(24-26-14-15-26)34(39)32-13-7-22-43-32/h2-7,9-13,16-19,22,26,31,36H,8,14-15,20-21,23-24H2,1H3/t31-/m0/s1. The van der Waals surface area contributed by atoms with Crippen molar-refractivity contribution in [3.05, 3.63) is 118 Å². The number of ether oxygens (including phenoxy) is 2. The third-order valence-electron chi connectivity index (χ3n) is 7.42. The minimum absolute atomic E-state index is 0.104. The zero-order valence-corrected chi connectivity index (χ0v) is 25.1. The highest BCUT2D eigenvalue weighted by Gasteiger charge is 2.27. The van der Waals surface area contributed by atoms with Crippen molar-refractivity contribution >= 4 is 34.7 Å². The first-order chi connectivity index (χ1) is 21.0. The molecule has 5 rings (SSSR count). The van der Waals surface area contributed by atoms with Gasteiger partial charge in [-0.3, -0.25) is 9.59 Å². The molecule has 222 valence electrons. The summed E-state index contributed by atoms with van der Waals surface area (Å²) in [4.78, 5) is 41.6. The topological polar surface area (TPSA) is 84.9 Å². The smallest absolute Gasteiger partial charge is 0.328 e. The van der Waals surface area contributed by atoms with E-state index in [0.29, 0.717) is 42.3 Å². The van der Waals surface area contributed by atoms with Gasteiger partial charge in [-0.2, -0.15) is 0 Å². The lowest BCUT2D eigenvalue weighted by atomic mass is 10.00. The first kappa shape index (κ1) is 30.0. The van der Waals surface area contributed by atoms with Gasteiger partial charge in [-0.25, -0.2) is 4.79 Å². The van der Waals surface area contributed by atoms with Crippen LogP contribution >= 0.6 is 11.3 Å². The largest absolute Gasteiger partial charge is 0.494 e. The Morgan fingerprint density at radius 2 is 1.67 bits per heavy atom. The molecule has 0 aliphatic heterocycles. The lowest BCUT2D eigenvalue weighted by molar-refractivity contribution is -0.141. The predicted octanol–water partition coefficient (Wildman–Crippen LogP) is 6.50. The van der Waals surface area contributed by atoms with Crippen molar-refractivity contribution in [3.8, 4) is 5.75 Å². The van der Waals surface area contributed by atoms with E-state index in [0.717, 1.165) is 29.2 Å². The number of hydrogen-bond acceptors (Lipinski definition) is 7. The maximum atomic E-state index is 13.2. The first-order valence-electron chi connectivity index (χ1n) is 14.6. The molecule has 1 aliphatic rings. The number of nitrogens with zero attached hydrogens (tertiary/aromatic N) is 1. The fraction of sp³-hybridized carbons (Fsp3) is 0.286. The number of hydrogen-bond donors (Lipinski definition) is 1. The van der Waals surface area contributed by atoms with Crippen molar-refractivity contribution in [2.75, 3.05) is 32.1 Å². The van der Waals surface area contributed by atoms with Gasteiger partial charge in [0.15, 0.2) is 5.78 Å². The number of rotatable bonds is 15. The molecule has 43 heavy (non-hydrogen) atoms. The number of ketones is 1. The van der Waals surface area contributed by atoms with Gasteiger partial charge in [-0.05, 0) is 66.5 Å². The van der Waals surface area contributed by atoms with Crippen LogP contribution in [0, 0.1) is 5.92 Å². The lowest BCUT2D eigenvalue weighted by Gasteiger charge is -2.22. The summed E-state index contributed by atoms with van der Waals surface area (Å²) in [5.74, 6) is 0.907. The van der Waals surface area contributed by atoms with Crippen LogP contribution in [0.25, 0.3) is 0 Å². The molecule has 0 saturated heterocycles. The van der Waals surface area contributed by atoms with Crippen molar-refractivity contribution in [3.63, 3.8) is 0 Å². The Bertz CT molecular complexity index is 1500. The Balaban J connectivity index is 1.16. The monoisotopic (exact) mass is 596 g/mol. The number of carbonyl (C=O) groups excluding carboxylic acids is 3. The molecule has 3 aromatic carbocycles. The van der Waals surface area contributed by atoms with Crippen molar-refractivity contribution in [2.24, 2.45) is 5.92 Å². The van der Waals surface area contributed by atoms with Gasteiger partial charge >= 0.3 is 5.97 Å². The van der Waals surface area contributed by atoms with Crippen LogP contribution in [0.1, 0.15) is 50.4 Å². The summed E-state index contributed by atoms with van der Waals surface area (Å²) < 4.78 is 11.1. The van der Waals surface area contributed by atoms with Crippen molar-refractivity contribution < 1.29 is 23.9 Å². The molecule has 1 atom stereocenters. The number of methoxy groups -OCH3 is 1. The zero-order valence-electron chi connectivity index (χ0n) is 24.2. The lowest BCUT2D eigenvalue weighted by Crippen LogP contribution is -2.34. The van der Waals surface area contributed by atoms with Gasteiger partial charge in [-0.1, -0.05) is 60.7 Å². The maximum absolute atomic E-state index is 13.2. The molecule has 1 aliphatic carbocycles. The SMILES string of the molecule is COC(=O)[C@H](Cc1ccc(OCCCN(CC2CC2)C(=O)c2cccs2)cc1)Nc1ccccc1C(=O)c1ccccc1. The molecule has 1 saturated carbocycles. The minimum atomic E-state index is -0.695. The highest BCUT2D eigenvalue weighted by Crippen LogP contribution is 2.30. The number of benzene rings is 3. The summed E-state index contributed by atoms with van der Waals surface area (Å²) in [6.07, 6.45) is 3.49. The van der Waals surface area contributed by atoms with Crippen LogP contribution in [0.3, 0.4) is 0 Å². The van der Waals surface area contributed by atoms with Crippen LogP contribution in [0.5, 0.6) is 5.75 Å². The van der Waals surface area contributed by atoms with E-state index in [1.807, 2.05) is 70.9 Å². The molecule has 1 aromatic heterocycles. The highest BCUT2D eigenvalue weighted by atomic mass is 32.1. The second kappa shape index (κ2) is 14.6. The van der Waals surface area contributed by atoms with Gasteiger partial charge in [0, 0.05) is 36.3 Å². The van der Waals surface area contributed by atoms with E-state index in [-0.39, 0.29) is 11.7 Å². The third kappa shape index (κ3) is 8.32. The average molecular weight is 597 g/mol. The van der Waals surface area contributed by atoms with Gasteiger partial charge in [0.1, 0.15) is 11.8 Å². The molecule has 1 amide bonds. The van der Waals surface area contributed by atoms with Gasteiger partial charge < -0.3 is 19.7 Å². The second-order valence-electron chi connectivity index (χ2n) is 10.7. The van der Waals surface area contributed by atoms with Gasteiger partial charge in [0.2, 0.25) is 0 Å². The normalized spacial score (nSPS) is 13.1. The number of anilines is 1. The number of nitrogens with one attached hydrogen (secondary N) is 1. The fourth-order valence-electron chi connectivity index (χ4n) is 4.92. The van der Waals surface area contributed by atoms with Gasteiger partial charge in [0.25, 0.3) is 5.91 Å². The van der Waals surface area contributed by atoms with E-state index in [1.54, 1.807) is 30.3 Å². The number of esters is 1. The molecule has 7 nitrogen and oxygen atoms in total. The molecule has 0 radical (unpaired) electrons. The van der Waals surface area contributed by atoms with E-state index in [4.69, 9.17) is 9.47 Å². The summed E-state index contributed by atoms with van der Waals surface area (Å²) in [5.41, 5.74) is 2.55. The van der Waals surface area contributed by atoms with E-state index in [1.165, 1.54) is 31.3 Å². The van der Waals surface area contributed by atoms with E-state index >= 15 is 0 Å². The van der Waals surface area contributed by atoms with Crippen LogP contribution in [-0.4, -0.2) is 55.4 Å². The van der Waals surface area contributed by atoms with E-state index in [2.05, 4.69) is 5.32 Å². The van der Waals surface area contributed by atoms with Gasteiger partial charge in [-0.15, -0.1) is 11.3 Å². The number of para-hydroxylation sites is 1. The summed E-state index contributed by atoms with van der Waals surface area (Å²) >= 11 is 1.48. The number of thiophene rings is 1. The van der Waals surface area contributed by atoms with Crippen LogP contribution < -0.4 is 10.1 Å². The van der Waals surface area contributed by atoms with E-state index < -0.39 is 12.0 Å². The minimum Gasteiger partial charge on any atom is -0.494 e. The maximum Gasteiger partial charge on any atom is 0.328 e. The summed E-state index contributed by atoms with van der Waals surface area (Å²) in [7, 11) is 1.36. The molecule has 1 fully saturated rings. The summed E-state index contributed by atoms with van der Waals surface area (Å²) in [6, 6.07) is 27.0. The van der Waals surface area contributed by atoms with Gasteiger partial charge in [0.05, 0.1) is 18.6 Å². The summed E-state index contributed by atoms with van der Waals surface area (Å²) in [5, 5.41) is 5.18. The van der Waals surface area contributed by atoms with Crippen molar-refractivity contribution in [2.45, 2.75) is 31.7 Å². The molecule has 0 spiro atoms. The summed E-state index contributed by atoms with van der Waals surface area (Å²) in [6.45, 7) is 1.97. The Kier molecular flexibility index (Phi) is 10.2. The predicted molar refractivity (Wildman–Crippen MR) is 169 cm³/mol. The van der Waals surface area contributed by atoms with Crippen LogP contribution in [0.15, 0.2) is 96.4 Å². The Morgan fingerprint density at radius 3 is 2.37 bits per heavy atom.